The van der Waals surface area contributed by atoms with Crippen molar-refractivity contribution in [2.45, 2.75) is 72.0 Å². The van der Waals surface area contributed by atoms with E-state index in [2.05, 4.69) is 13.8 Å². The molecule has 0 aromatic heterocycles. The standard InChI is InChI=1S/C15H28O3/c1-11-6-7-13(10-12(11)2)17-9-8-14(16)18-15(3,4)5/h11-13H,6-10H2,1-5H3. The number of esters is 1. The first-order valence-corrected chi connectivity index (χ1v) is 7.11. The van der Waals surface area contributed by atoms with Crippen LogP contribution in [0.25, 0.3) is 0 Å². The van der Waals surface area contributed by atoms with Crippen molar-refractivity contribution in [2.24, 2.45) is 11.8 Å². The lowest BCUT2D eigenvalue weighted by Crippen LogP contribution is -2.28. The highest BCUT2D eigenvalue weighted by molar-refractivity contribution is 5.69. The highest BCUT2D eigenvalue weighted by atomic mass is 16.6. The number of rotatable bonds is 4. The Kier molecular flexibility index (Phi) is 5.64. The third-order valence-corrected chi connectivity index (χ3v) is 3.63. The topological polar surface area (TPSA) is 35.5 Å². The molecule has 0 aromatic rings. The summed E-state index contributed by atoms with van der Waals surface area (Å²) in [5.74, 6) is 1.36. The van der Waals surface area contributed by atoms with Crippen LogP contribution in [0.5, 0.6) is 0 Å². The van der Waals surface area contributed by atoms with Gasteiger partial charge in [0.25, 0.3) is 0 Å². The molecular formula is C15H28O3. The van der Waals surface area contributed by atoms with Crippen molar-refractivity contribution in [1.29, 1.82) is 0 Å². The minimum atomic E-state index is -0.397. The van der Waals surface area contributed by atoms with Crippen molar-refractivity contribution in [1.82, 2.24) is 0 Å². The summed E-state index contributed by atoms with van der Waals surface area (Å²) in [7, 11) is 0. The fraction of sp³-hybridized carbons (Fsp3) is 0.933. The van der Waals surface area contributed by atoms with Crippen LogP contribution >= 0.6 is 0 Å². The first-order valence-electron chi connectivity index (χ1n) is 7.11. The third-order valence-electron chi connectivity index (χ3n) is 3.63. The maximum atomic E-state index is 11.5. The Bertz CT molecular complexity index is 267. The van der Waals surface area contributed by atoms with Crippen LogP contribution in [-0.4, -0.2) is 24.3 Å². The van der Waals surface area contributed by atoms with Crippen molar-refractivity contribution in [3.63, 3.8) is 0 Å². The second-order valence-corrected chi connectivity index (χ2v) is 6.60. The molecule has 1 aliphatic carbocycles. The molecule has 0 heterocycles. The average Bonchev–Trinajstić information content (AvgIpc) is 2.20. The molecule has 3 nitrogen and oxygen atoms in total. The van der Waals surface area contributed by atoms with Gasteiger partial charge in [0, 0.05) is 0 Å². The normalized spacial score (nSPS) is 29.1. The minimum Gasteiger partial charge on any atom is -0.460 e. The number of hydrogen-bond acceptors (Lipinski definition) is 3. The van der Waals surface area contributed by atoms with Gasteiger partial charge in [-0.3, -0.25) is 4.79 Å². The van der Waals surface area contributed by atoms with Crippen LogP contribution in [-0.2, 0) is 14.3 Å². The van der Waals surface area contributed by atoms with Gasteiger partial charge in [0.15, 0.2) is 0 Å². The van der Waals surface area contributed by atoms with Gasteiger partial charge in [-0.15, -0.1) is 0 Å². The zero-order chi connectivity index (χ0) is 13.8. The fourth-order valence-corrected chi connectivity index (χ4v) is 2.35. The van der Waals surface area contributed by atoms with Crippen LogP contribution in [0.4, 0.5) is 0 Å². The molecular weight excluding hydrogens is 228 g/mol. The maximum absolute atomic E-state index is 11.5. The molecule has 1 saturated carbocycles. The Morgan fingerprint density at radius 1 is 1.17 bits per heavy atom. The highest BCUT2D eigenvalue weighted by Crippen LogP contribution is 2.30. The average molecular weight is 256 g/mol. The molecule has 0 saturated heterocycles. The first-order chi connectivity index (χ1) is 8.28. The molecule has 0 bridgehead atoms. The zero-order valence-corrected chi connectivity index (χ0v) is 12.5. The number of hydrogen-bond donors (Lipinski definition) is 0. The summed E-state index contributed by atoms with van der Waals surface area (Å²) in [6, 6.07) is 0. The summed E-state index contributed by atoms with van der Waals surface area (Å²) in [6.45, 7) is 10.7. The van der Waals surface area contributed by atoms with Gasteiger partial charge in [0.05, 0.1) is 19.1 Å². The van der Waals surface area contributed by atoms with Crippen LogP contribution in [0.2, 0.25) is 0 Å². The van der Waals surface area contributed by atoms with Gasteiger partial charge < -0.3 is 9.47 Å². The second kappa shape index (κ2) is 6.55. The summed E-state index contributed by atoms with van der Waals surface area (Å²) in [6.07, 6.45) is 4.17. The highest BCUT2D eigenvalue weighted by Gasteiger charge is 2.25. The lowest BCUT2D eigenvalue weighted by atomic mass is 9.80. The van der Waals surface area contributed by atoms with E-state index in [1.165, 1.54) is 6.42 Å². The zero-order valence-electron chi connectivity index (χ0n) is 12.5. The first kappa shape index (κ1) is 15.5. The summed E-state index contributed by atoms with van der Waals surface area (Å²) in [5, 5.41) is 0. The van der Waals surface area contributed by atoms with E-state index in [1.54, 1.807) is 0 Å². The predicted molar refractivity (Wildman–Crippen MR) is 72.4 cm³/mol. The third kappa shape index (κ3) is 5.85. The van der Waals surface area contributed by atoms with Gasteiger partial charge >= 0.3 is 5.97 Å². The van der Waals surface area contributed by atoms with E-state index < -0.39 is 5.60 Å². The van der Waals surface area contributed by atoms with E-state index in [0.29, 0.717) is 19.1 Å². The van der Waals surface area contributed by atoms with Gasteiger partial charge in [-0.05, 0) is 51.9 Å². The van der Waals surface area contributed by atoms with Crippen LogP contribution in [0.1, 0.15) is 60.3 Å². The molecule has 0 amide bonds. The van der Waals surface area contributed by atoms with Crippen molar-refractivity contribution in [2.75, 3.05) is 6.61 Å². The van der Waals surface area contributed by atoms with Gasteiger partial charge in [-0.2, -0.15) is 0 Å². The van der Waals surface area contributed by atoms with Gasteiger partial charge in [-0.1, -0.05) is 13.8 Å². The van der Waals surface area contributed by atoms with Crippen molar-refractivity contribution in [3.05, 3.63) is 0 Å². The molecule has 0 radical (unpaired) electrons. The Morgan fingerprint density at radius 2 is 1.83 bits per heavy atom. The molecule has 1 aliphatic rings. The van der Waals surface area contributed by atoms with E-state index in [1.807, 2.05) is 20.8 Å². The molecule has 0 aromatic carbocycles. The SMILES string of the molecule is CC1CCC(OCCC(=O)OC(C)(C)C)CC1C. The van der Waals surface area contributed by atoms with Crippen LogP contribution in [0.15, 0.2) is 0 Å². The molecule has 0 spiro atoms. The molecule has 3 heteroatoms. The van der Waals surface area contributed by atoms with Crippen molar-refractivity contribution >= 4 is 5.97 Å². The lowest BCUT2D eigenvalue weighted by molar-refractivity contribution is -0.156. The summed E-state index contributed by atoms with van der Waals surface area (Å²) in [5.41, 5.74) is -0.397. The molecule has 0 aliphatic heterocycles. The van der Waals surface area contributed by atoms with E-state index in [4.69, 9.17) is 9.47 Å². The minimum absolute atomic E-state index is 0.167. The van der Waals surface area contributed by atoms with Gasteiger partial charge in [0.2, 0.25) is 0 Å². The largest absolute Gasteiger partial charge is 0.460 e. The summed E-state index contributed by atoms with van der Waals surface area (Å²) < 4.78 is 11.0. The van der Waals surface area contributed by atoms with Gasteiger partial charge in [-0.25, -0.2) is 0 Å². The Morgan fingerprint density at radius 3 is 2.39 bits per heavy atom. The van der Waals surface area contributed by atoms with Crippen LogP contribution in [0.3, 0.4) is 0 Å². The van der Waals surface area contributed by atoms with Crippen molar-refractivity contribution < 1.29 is 14.3 Å². The van der Waals surface area contributed by atoms with E-state index in [0.717, 1.165) is 24.7 Å². The van der Waals surface area contributed by atoms with Crippen LogP contribution < -0.4 is 0 Å². The maximum Gasteiger partial charge on any atom is 0.308 e. The van der Waals surface area contributed by atoms with E-state index in [9.17, 15) is 4.79 Å². The Labute approximate surface area is 111 Å². The monoisotopic (exact) mass is 256 g/mol. The quantitative estimate of drug-likeness (QED) is 0.721. The molecule has 1 rings (SSSR count). The number of carbonyl (C=O) groups is 1. The lowest BCUT2D eigenvalue weighted by Gasteiger charge is -2.32. The van der Waals surface area contributed by atoms with E-state index >= 15 is 0 Å². The smallest absolute Gasteiger partial charge is 0.308 e. The second-order valence-electron chi connectivity index (χ2n) is 6.60. The number of ether oxygens (including phenoxy) is 2. The molecule has 1 fully saturated rings. The van der Waals surface area contributed by atoms with E-state index in [-0.39, 0.29) is 5.97 Å². The summed E-state index contributed by atoms with van der Waals surface area (Å²) in [4.78, 5) is 11.5. The Hall–Kier alpha value is -0.570. The molecule has 106 valence electrons. The summed E-state index contributed by atoms with van der Waals surface area (Å²) >= 11 is 0. The fourth-order valence-electron chi connectivity index (χ4n) is 2.35. The Balaban J connectivity index is 2.16. The number of carbonyl (C=O) groups excluding carboxylic acids is 1. The molecule has 18 heavy (non-hydrogen) atoms. The molecule has 3 unspecified atom stereocenters. The van der Waals surface area contributed by atoms with Crippen molar-refractivity contribution in [3.8, 4) is 0 Å². The van der Waals surface area contributed by atoms with Gasteiger partial charge in [0.1, 0.15) is 5.60 Å². The van der Waals surface area contributed by atoms with Crippen LogP contribution in [0, 0.1) is 11.8 Å². The molecule has 3 atom stereocenters. The predicted octanol–water partition coefficient (Wildman–Crippen LogP) is 3.56. The molecule has 0 N–H and O–H groups in total.